The van der Waals surface area contributed by atoms with E-state index in [1.165, 1.54) is 6.07 Å². The first-order chi connectivity index (χ1) is 11.6. The van der Waals surface area contributed by atoms with Crippen LogP contribution < -0.4 is 9.47 Å². The Morgan fingerprint density at radius 3 is 2.38 bits per heavy atom. The van der Waals surface area contributed by atoms with Crippen LogP contribution in [0, 0.1) is 6.92 Å². The molecule has 0 unspecified atom stereocenters. The third-order valence-corrected chi connectivity index (χ3v) is 3.19. The van der Waals surface area contributed by atoms with Crippen LogP contribution in [0.4, 0.5) is 4.79 Å². The third kappa shape index (κ3) is 5.43. The van der Waals surface area contributed by atoms with Gasteiger partial charge in [-0.1, -0.05) is 37.1 Å². The van der Waals surface area contributed by atoms with E-state index < -0.39 is 12.1 Å². The second-order valence-corrected chi connectivity index (χ2v) is 5.29. The molecule has 0 heterocycles. The van der Waals surface area contributed by atoms with Crippen molar-refractivity contribution in [3.63, 3.8) is 0 Å². The van der Waals surface area contributed by atoms with Crippen LogP contribution in [0.2, 0.25) is 0 Å². The van der Waals surface area contributed by atoms with Crippen LogP contribution in [-0.4, -0.2) is 18.7 Å². The smallest absolute Gasteiger partial charge is 0.434 e. The second kappa shape index (κ2) is 8.72. The molecule has 0 aliphatic heterocycles. The van der Waals surface area contributed by atoms with E-state index in [-0.39, 0.29) is 5.75 Å². The standard InChI is InChI=1S/C19H20O5/c1-3-4-11-22-19(21)24-17-10-6-9-16(13-17)23-18(20)15-8-5-7-14(2)12-15/h5-10,12-13H,3-4,11H2,1-2H3. The first-order valence-electron chi connectivity index (χ1n) is 7.82. The monoisotopic (exact) mass is 328 g/mol. The number of unbranched alkanes of at least 4 members (excludes halogenated alkanes) is 1. The third-order valence-electron chi connectivity index (χ3n) is 3.19. The molecule has 0 saturated carbocycles. The lowest BCUT2D eigenvalue weighted by molar-refractivity contribution is 0.0734. The highest BCUT2D eigenvalue weighted by Gasteiger charge is 2.11. The number of benzene rings is 2. The van der Waals surface area contributed by atoms with Gasteiger partial charge in [0.05, 0.1) is 12.2 Å². The molecule has 5 nitrogen and oxygen atoms in total. The molecule has 0 atom stereocenters. The van der Waals surface area contributed by atoms with Gasteiger partial charge in [0, 0.05) is 6.07 Å². The van der Waals surface area contributed by atoms with Crippen molar-refractivity contribution in [3.8, 4) is 11.5 Å². The summed E-state index contributed by atoms with van der Waals surface area (Å²) in [7, 11) is 0. The summed E-state index contributed by atoms with van der Waals surface area (Å²) >= 11 is 0. The molecule has 0 amide bonds. The number of carbonyl (C=O) groups excluding carboxylic acids is 2. The van der Waals surface area contributed by atoms with E-state index in [0.29, 0.717) is 17.9 Å². The van der Waals surface area contributed by atoms with Crippen LogP contribution in [-0.2, 0) is 4.74 Å². The molecule has 0 radical (unpaired) electrons. The molecule has 0 aliphatic carbocycles. The number of aryl methyl sites for hydroxylation is 1. The lowest BCUT2D eigenvalue weighted by atomic mass is 10.1. The average molecular weight is 328 g/mol. The summed E-state index contributed by atoms with van der Waals surface area (Å²) in [6.45, 7) is 4.22. The van der Waals surface area contributed by atoms with Crippen LogP contribution >= 0.6 is 0 Å². The Hall–Kier alpha value is -2.82. The van der Waals surface area contributed by atoms with Gasteiger partial charge in [-0.2, -0.15) is 0 Å². The van der Waals surface area contributed by atoms with Crippen molar-refractivity contribution in [2.24, 2.45) is 0 Å². The highest BCUT2D eigenvalue weighted by molar-refractivity contribution is 5.91. The number of hydrogen-bond acceptors (Lipinski definition) is 5. The Morgan fingerprint density at radius 2 is 1.67 bits per heavy atom. The van der Waals surface area contributed by atoms with Gasteiger partial charge in [0.2, 0.25) is 0 Å². The molecule has 2 aromatic rings. The number of hydrogen-bond donors (Lipinski definition) is 0. The number of rotatable bonds is 6. The van der Waals surface area contributed by atoms with Crippen molar-refractivity contribution in [1.82, 2.24) is 0 Å². The van der Waals surface area contributed by atoms with E-state index in [1.54, 1.807) is 36.4 Å². The van der Waals surface area contributed by atoms with Crippen LogP contribution in [0.3, 0.4) is 0 Å². The Kier molecular flexibility index (Phi) is 6.37. The largest absolute Gasteiger partial charge is 0.513 e. The van der Waals surface area contributed by atoms with Gasteiger partial charge >= 0.3 is 12.1 Å². The summed E-state index contributed by atoms with van der Waals surface area (Å²) in [4.78, 5) is 23.6. The van der Waals surface area contributed by atoms with Crippen molar-refractivity contribution >= 4 is 12.1 Å². The molecule has 2 aromatic carbocycles. The average Bonchev–Trinajstić information content (AvgIpc) is 2.55. The SMILES string of the molecule is CCCCOC(=O)Oc1cccc(OC(=O)c2cccc(C)c2)c1. The van der Waals surface area contributed by atoms with Crippen molar-refractivity contribution in [1.29, 1.82) is 0 Å². The first-order valence-corrected chi connectivity index (χ1v) is 7.82. The molecule has 0 aromatic heterocycles. The molecule has 126 valence electrons. The fourth-order valence-electron chi connectivity index (χ4n) is 1.96. The van der Waals surface area contributed by atoms with Crippen molar-refractivity contribution in [2.75, 3.05) is 6.61 Å². The molecule has 2 rings (SSSR count). The topological polar surface area (TPSA) is 61.8 Å². The van der Waals surface area contributed by atoms with E-state index in [4.69, 9.17) is 14.2 Å². The van der Waals surface area contributed by atoms with E-state index in [1.807, 2.05) is 19.9 Å². The van der Waals surface area contributed by atoms with Crippen LogP contribution in [0.25, 0.3) is 0 Å². The quantitative estimate of drug-likeness (QED) is 0.337. The highest BCUT2D eigenvalue weighted by atomic mass is 16.7. The minimum atomic E-state index is -0.773. The van der Waals surface area contributed by atoms with Crippen molar-refractivity contribution in [2.45, 2.75) is 26.7 Å². The summed E-state index contributed by atoms with van der Waals surface area (Å²) in [5.41, 5.74) is 1.43. The predicted octanol–water partition coefficient (Wildman–Crippen LogP) is 4.53. The van der Waals surface area contributed by atoms with Gasteiger partial charge in [0.25, 0.3) is 0 Å². The Morgan fingerprint density at radius 1 is 0.958 bits per heavy atom. The van der Waals surface area contributed by atoms with E-state index in [0.717, 1.165) is 18.4 Å². The molecular weight excluding hydrogens is 308 g/mol. The predicted molar refractivity (Wildman–Crippen MR) is 89.5 cm³/mol. The maximum absolute atomic E-state index is 12.1. The fraction of sp³-hybridized carbons (Fsp3) is 0.263. The fourth-order valence-corrected chi connectivity index (χ4v) is 1.96. The second-order valence-electron chi connectivity index (χ2n) is 5.29. The van der Waals surface area contributed by atoms with Crippen molar-refractivity contribution < 1.29 is 23.8 Å². The van der Waals surface area contributed by atoms with Crippen molar-refractivity contribution in [3.05, 3.63) is 59.7 Å². The molecule has 0 aliphatic rings. The lowest BCUT2D eigenvalue weighted by Gasteiger charge is -2.08. The van der Waals surface area contributed by atoms with E-state index >= 15 is 0 Å². The molecule has 24 heavy (non-hydrogen) atoms. The zero-order valence-electron chi connectivity index (χ0n) is 13.8. The number of carbonyl (C=O) groups is 2. The Balaban J connectivity index is 1.97. The molecule has 0 saturated heterocycles. The van der Waals surface area contributed by atoms with Crippen LogP contribution in [0.5, 0.6) is 11.5 Å². The molecule has 0 fully saturated rings. The first kappa shape index (κ1) is 17.5. The van der Waals surface area contributed by atoms with Gasteiger partial charge in [-0.25, -0.2) is 9.59 Å². The van der Waals surface area contributed by atoms with Crippen LogP contribution in [0.15, 0.2) is 48.5 Å². The minimum absolute atomic E-state index is 0.256. The van der Waals surface area contributed by atoms with Gasteiger partial charge < -0.3 is 14.2 Å². The minimum Gasteiger partial charge on any atom is -0.434 e. The number of ether oxygens (including phenoxy) is 3. The molecular formula is C19H20O5. The highest BCUT2D eigenvalue weighted by Crippen LogP contribution is 2.21. The molecule has 0 N–H and O–H groups in total. The van der Waals surface area contributed by atoms with E-state index in [9.17, 15) is 9.59 Å². The number of esters is 1. The normalized spacial score (nSPS) is 10.1. The van der Waals surface area contributed by atoms with Gasteiger partial charge in [-0.15, -0.1) is 0 Å². The summed E-state index contributed by atoms with van der Waals surface area (Å²) in [5.74, 6) is 0.0766. The maximum atomic E-state index is 12.1. The van der Waals surface area contributed by atoms with Gasteiger partial charge in [0.1, 0.15) is 11.5 Å². The molecule has 0 bridgehead atoms. The van der Waals surface area contributed by atoms with Crippen LogP contribution in [0.1, 0.15) is 35.7 Å². The molecule has 0 spiro atoms. The van der Waals surface area contributed by atoms with E-state index in [2.05, 4.69) is 0 Å². The summed E-state index contributed by atoms with van der Waals surface area (Å²) in [6.07, 6.45) is 0.937. The summed E-state index contributed by atoms with van der Waals surface area (Å²) < 4.78 is 15.3. The summed E-state index contributed by atoms with van der Waals surface area (Å²) in [5, 5.41) is 0. The Labute approximate surface area is 141 Å². The zero-order chi connectivity index (χ0) is 17.4. The summed E-state index contributed by atoms with van der Waals surface area (Å²) in [6, 6.07) is 13.4. The zero-order valence-corrected chi connectivity index (χ0v) is 13.8. The molecule has 5 heteroatoms. The maximum Gasteiger partial charge on any atom is 0.513 e. The Bertz CT molecular complexity index is 708. The van der Waals surface area contributed by atoms with Gasteiger partial charge in [0.15, 0.2) is 0 Å². The van der Waals surface area contributed by atoms with Gasteiger partial charge in [-0.05, 0) is 37.6 Å². The van der Waals surface area contributed by atoms with Gasteiger partial charge in [-0.3, -0.25) is 0 Å². The lowest BCUT2D eigenvalue weighted by Crippen LogP contribution is -2.12.